The lowest BCUT2D eigenvalue weighted by Crippen LogP contribution is -2.30. The summed E-state index contributed by atoms with van der Waals surface area (Å²) >= 11 is 5.71. The maximum absolute atomic E-state index is 14.1. The van der Waals surface area contributed by atoms with Crippen LogP contribution in [0.5, 0.6) is 5.75 Å². The number of amides is 1. The summed E-state index contributed by atoms with van der Waals surface area (Å²) in [6.07, 6.45) is -4.89. The molecule has 3 rings (SSSR count). The third kappa shape index (κ3) is 4.12. The monoisotopic (exact) mass is 402 g/mol. The van der Waals surface area contributed by atoms with Gasteiger partial charge in [-0.2, -0.15) is 5.10 Å². The van der Waals surface area contributed by atoms with E-state index in [9.17, 15) is 22.4 Å². The van der Waals surface area contributed by atoms with Gasteiger partial charge in [0.15, 0.2) is 5.69 Å². The number of rotatable bonds is 4. The van der Waals surface area contributed by atoms with Gasteiger partial charge in [0.2, 0.25) is 0 Å². The van der Waals surface area contributed by atoms with Gasteiger partial charge in [-0.15, -0.1) is 13.2 Å². The minimum Gasteiger partial charge on any atom is -0.406 e. The average Bonchev–Trinajstić information content (AvgIpc) is 2.93. The van der Waals surface area contributed by atoms with Crippen LogP contribution in [0.1, 0.15) is 16.1 Å². The Hall–Kier alpha value is -2.85. The molecule has 11 heteroatoms. The highest BCUT2D eigenvalue weighted by atomic mass is 35.5. The number of hydrazine groups is 1. The predicted molar refractivity (Wildman–Crippen MR) is 88.6 cm³/mol. The Morgan fingerprint density at radius 3 is 2.63 bits per heavy atom. The molecular weight excluding hydrogens is 392 g/mol. The minimum absolute atomic E-state index is 0.125. The number of hydrogen-bond donors (Lipinski definition) is 2. The Labute approximate surface area is 154 Å². The lowest BCUT2D eigenvalue weighted by molar-refractivity contribution is -0.274. The van der Waals surface area contributed by atoms with Crippen molar-refractivity contribution >= 4 is 28.4 Å². The number of nitrogens with two attached hydrogens (primary N) is 1. The van der Waals surface area contributed by atoms with Gasteiger partial charge in [0.1, 0.15) is 11.6 Å². The molecule has 6 nitrogen and oxygen atoms in total. The summed E-state index contributed by atoms with van der Waals surface area (Å²) in [5, 5.41) is 4.45. The van der Waals surface area contributed by atoms with Crippen molar-refractivity contribution in [3.05, 3.63) is 58.5 Å². The van der Waals surface area contributed by atoms with E-state index in [1.807, 2.05) is 5.43 Å². The number of hydrogen-bond acceptors (Lipinski definition) is 4. The van der Waals surface area contributed by atoms with Crippen LogP contribution >= 0.6 is 11.6 Å². The first kappa shape index (κ1) is 18.9. The standard InChI is InChI=1S/C16H11ClF4N4O2/c17-9-2-1-8(12(18)5-9)7-25-13-6-10(27-16(19,20)21)3-4-11(13)14(24-25)15(26)23-22/h1-6H,7,22H2,(H,23,26). The highest BCUT2D eigenvalue weighted by molar-refractivity contribution is 6.30. The molecule has 2 aromatic carbocycles. The summed E-state index contributed by atoms with van der Waals surface area (Å²) in [6.45, 7) is -0.160. The molecule has 0 radical (unpaired) electrons. The first-order chi connectivity index (χ1) is 12.7. The molecule has 0 unspecified atom stereocenters. The quantitative estimate of drug-likeness (QED) is 0.303. The molecule has 3 aromatic rings. The topological polar surface area (TPSA) is 82.2 Å². The Morgan fingerprint density at radius 2 is 2.00 bits per heavy atom. The second-order valence-electron chi connectivity index (χ2n) is 5.44. The molecule has 1 aromatic heterocycles. The number of benzene rings is 2. The number of carbonyl (C=O) groups excluding carboxylic acids is 1. The zero-order valence-electron chi connectivity index (χ0n) is 13.3. The minimum atomic E-state index is -4.89. The van der Waals surface area contributed by atoms with Crippen LogP contribution in [-0.2, 0) is 6.54 Å². The molecule has 0 aliphatic rings. The van der Waals surface area contributed by atoms with Crippen LogP contribution < -0.4 is 16.0 Å². The largest absolute Gasteiger partial charge is 0.573 e. The predicted octanol–water partition coefficient (Wildman–Crippen LogP) is 3.38. The normalized spacial score (nSPS) is 11.6. The van der Waals surface area contributed by atoms with Gasteiger partial charge in [0, 0.05) is 22.0 Å². The molecule has 0 atom stereocenters. The highest BCUT2D eigenvalue weighted by Gasteiger charge is 2.31. The molecule has 0 saturated carbocycles. The van der Waals surface area contributed by atoms with E-state index in [0.717, 1.165) is 18.2 Å². The van der Waals surface area contributed by atoms with E-state index in [1.165, 1.54) is 22.9 Å². The van der Waals surface area contributed by atoms with Crippen molar-refractivity contribution in [1.29, 1.82) is 0 Å². The number of carbonyl (C=O) groups is 1. The Balaban J connectivity index is 2.11. The highest BCUT2D eigenvalue weighted by Crippen LogP contribution is 2.29. The summed E-state index contributed by atoms with van der Waals surface area (Å²) in [5.41, 5.74) is 2.08. The molecular formula is C16H11ClF4N4O2. The van der Waals surface area contributed by atoms with Crippen LogP contribution in [0, 0.1) is 5.82 Å². The molecule has 142 valence electrons. The van der Waals surface area contributed by atoms with Crippen molar-refractivity contribution in [2.24, 2.45) is 5.84 Å². The number of nitrogen functional groups attached to an aromatic ring is 1. The first-order valence-electron chi connectivity index (χ1n) is 7.39. The average molecular weight is 403 g/mol. The summed E-state index contributed by atoms with van der Waals surface area (Å²) in [4.78, 5) is 11.9. The van der Waals surface area contributed by atoms with Crippen LogP contribution in [0.4, 0.5) is 17.6 Å². The molecule has 0 fully saturated rings. The number of aromatic nitrogens is 2. The number of halogens is 5. The van der Waals surface area contributed by atoms with Crippen LogP contribution in [0.25, 0.3) is 10.9 Å². The van der Waals surface area contributed by atoms with Gasteiger partial charge in [0.25, 0.3) is 5.91 Å². The lowest BCUT2D eigenvalue weighted by Gasteiger charge is -2.10. The van der Waals surface area contributed by atoms with Gasteiger partial charge in [-0.25, -0.2) is 10.2 Å². The van der Waals surface area contributed by atoms with E-state index < -0.39 is 23.8 Å². The van der Waals surface area contributed by atoms with E-state index in [0.29, 0.717) is 0 Å². The zero-order valence-corrected chi connectivity index (χ0v) is 14.1. The molecule has 3 N–H and O–H groups in total. The van der Waals surface area contributed by atoms with E-state index in [2.05, 4.69) is 9.84 Å². The van der Waals surface area contributed by atoms with Gasteiger partial charge in [-0.05, 0) is 24.3 Å². The molecule has 0 bridgehead atoms. The van der Waals surface area contributed by atoms with Gasteiger partial charge >= 0.3 is 6.36 Å². The zero-order chi connectivity index (χ0) is 19.8. The van der Waals surface area contributed by atoms with Crippen molar-refractivity contribution in [3.63, 3.8) is 0 Å². The van der Waals surface area contributed by atoms with Crippen molar-refractivity contribution in [2.75, 3.05) is 0 Å². The van der Waals surface area contributed by atoms with E-state index >= 15 is 0 Å². The molecule has 1 amide bonds. The third-order valence-electron chi connectivity index (χ3n) is 3.64. The van der Waals surface area contributed by atoms with Gasteiger partial charge in [-0.1, -0.05) is 17.7 Å². The molecule has 1 heterocycles. The summed E-state index contributed by atoms with van der Waals surface area (Å²) in [5.74, 6) is 3.23. The fourth-order valence-corrected chi connectivity index (χ4v) is 2.68. The van der Waals surface area contributed by atoms with Crippen molar-refractivity contribution in [2.45, 2.75) is 12.9 Å². The van der Waals surface area contributed by atoms with Gasteiger partial charge in [0.05, 0.1) is 12.1 Å². The second-order valence-corrected chi connectivity index (χ2v) is 5.88. The lowest BCUT2D eigenvalue weighted by atomic mass is 10.2. The summed E-state index contributed by atoms with van der Waals surface area (Å²) in [7, 11) is 0. The second kappa shape index (κ2) is 7.05. The van der Waals surface area contributed by atoms with E-state index in [-0.39, 0.29) is 33.7 Å². The molecule has 0 aliphatic heterocycles. The number of nitrogens with zero attached hydrogens (tertiary/aromatic N) is 2. The number of alkyl halides is 3. The molecule has 0 spiro atoms. The molecule has 0 aliphatic carbocycles. The SMILES string of the molecule is NNC(=O)c1nn(Cc2ccc(Cl)cc2F)c2cc(OC(F)(F)F)ccc12. The molecule has 0 saturated heterocycles. The van der Waals surface area contributed by atoms with Crippen molar-refractivity contribution in [3.8, 4) is 5.75 Å². The van der Waals surface area contributed by atoms with E-state index in [4.69, 9.17) is 17.4 Å². The fraction of sp³-hybridized carbons (Fsp3) is 0.125. The third-order valence-corrected chi connectivity index (χ3v) is 3.87. The van der Waals surface area contributed by atoms with Crippen molar-refractivity contribution < 1.29 is 27.1 Å². The smallest absolute Gasteiger partial charge is 0.406 e. The molecule has 27 heavy (non-hydrogen) atoms. The Bertz CT molecular complexity index is 1020. The Kier molecular flexibility index (Phi) is 4.94. The van der Waals surface area contributed by atoms with E-state index in [1.54, 1.807) is 0 Å². The van der Waals surface area contributed by atoms with Crippen molar-refractivity contribution in [1.82, 2.24) is 15.2 Å². The maximum Gasteiger partial charge on any atom is 0.573 e. The fourth-order valence-electron chi connectivity index (χ4n) is 2.52. The van der Waals surface area contributed by atoms with Crippen LogP contribution in [-0.4, -0.2) is 22.1 Å². The number of fused-ring (bicyclic) bond motifs is 1. The van der Waals surface area contributed by atoms with Crippen LogP contribution in [0.2, 0.25) is 5.02 Å². The maximum atomic E-state index is 14.1. The van der Waals surface area contributed by atoms with Gasteiger partial charge in [-0.3, -0.25) is 14.9 Å². The van der Waals surface area contributed by atoms with Crippen LogP contribution in [0.3, 0.4) is 0 Å². The summed E-state index contributed by atoms with van der Waals surface area (Å²) in [6, 6.07) is 7.28. The Morgan fingerprint density at radius 1 is 1.26 bits per heavy atom. The number of nitrogens with one attached hydrogen (secondary N) is 1. The first-order valence-corrected chi connectivity index (χ1v) is 7.77. The van der Waals surface area contributed by atoms with Gasteiger partial charge < -0.3 is 4.74 Å². The van der Waals surface area contributed by atoms with Crippen LogP contribution in [0.15, 0.2) is 36.4 Å². The number of ether oxygens (including phenoxy) is 1. The summed E-state index contributed by atoms with van der Waals surface area (Å²) < 4.78 is 56.6.